The maximum Gasteiger partial charge on any atom is 0.344 e. The largest absolute Gasteiger partial charge is 0.506 e. The van der Waals surface area contributed by atoms with Gasteiger partial charge in [-0.1, -0.05) is 23.9 Å². The van der Waals surface area contributed by atoms with E-state index in [1.807, 2.05) is 0 Å². The van der Waals surface area contributed by atoms with E-state index >= 15 is 0 Å². The highest BCUT2D eigenvalue weighted by Gasteiger charge is 2.33. The number of rotatable bonds is 7. The molecule has 0 saturated carbocycles. The first-order valence-corrected chi connectivity index (χ1v) is 11.4. The molecule has 3 aromatic rings. The van der Waals surface area contributed by atoms with Crippen LogP contribution in [0.2, 0.25) is 0 Å². The zero-order valence-corrected chi connectivity index (χ0v) is 19.7. The summed E-state index contributed by atoms with van der Waals surface area (Å²) in [6.07, 6.45) is 1.58. The number of hydrogen-bond acceptors (Lipinski definition) is 8. The first kappa shape index (κ1) is 23.9. The third kappa shape index (κ3) is 5.30. The molecule has 1 aliphatic heterocycles. The molecule has 0 spiro atoms. The average molecular weight is 492 g/mol. The van der Waals surface area contributed by atoms with Gasteiger partial charge in [0.2, 0.25) is 0 Å². The zero-order chi connectivity index (χ0) is 24.9. The Morgan fingerprint density at radius 2 is 1.89 bits per heavy atom. The fourth-order valence-corrected chi connectivity index (χ4v) is 4.30. The van der Waals surface area contributed by atoms with Crippen LogP contribution in [0, 0.1) is 0 Å². The number of aliphatic imine (C=N–C) groups is 1. The van der Waals surface area contributed by atoms with Gasteiger partial charge in [0.25, 0.3) is 0 Å². The normalized spacial score (nSPS) is 15.6. The average Bonchev–Trinajstić information content (AvgIpc) is 3.44. The Morgan fingerprint density at radius 1 is 1.11 bits per heavy atom. The van der Waals surface area contributed by atoms with Crippen molar-refractivity contribution in [3.63, 3.8) is 0 Å². The molecule has 1 aliphatic rings. The van der Waals surface area contributed by atoms with Crippen molar-refractivity contribution in [3.8, 4) is 17.1 Å². The summed E-state index contributed by atoms with van der Waals surface area (Å²) in [6, 6.07) is 16.7. The second-order valence-corrected chi connectivity index (χ2v) is 8.29. The summed E-state index contributed by atoms with van der Waals surface area (Å²) >= 11 is 1.11. The molecular weight excluding hydrogens is 470 g/mol. The van der Waals surface area contributed by atoms with Gasteiger partial charge in [-0.05, 0) is 61.5 Å². The Labute approximate surface area is 205 Å². The number of furan rings is 1. The molecule has 2 N–H and O–H groups in total. The van der Waals surface area contributed by atoms with Crippen molar-refractivity contribution in [1.82, 2.24) is 0 Å². The summed E-state index contributed by atoms with van der Waals surface area (Å²) in [5.41, 5.74) is 1.29. The van der Waals surface area contributed by atoms with Crippen molar-refractivity contribution >= 4 is 40.5 Å². The van der Waals surface area contributed by atoms with Gasteiger partial charge in [0.1, 0.15) is 33.6 Å². The van der Waals surface area contributed by atoms with Gasteiger partial charge in [-0.3, -0.25) is 0 Å². The van der Waals surface area contributed by atoms with Crippen LogP contribution in [0.5, 0.6) is 5.75 Å². The smallest absolute Gasteiger partial charge is 0.344 e. The number of carbonyl (C=O) groups is 2. The first-order chi connectivity index (χ1) is 16.9. The second-order valence-electron chi connectivity index (χ2n) is 7.26. The van der Waals surface area contributed by atoms with Gasteiger partial charge >= 0.3 is 11.9 Å². The number of benzene rings is 2. The molecular formula is C26H21NO7S. The molecule has 4 rings (SSSR count). The van der Waals surface area contributed by atoms with Crippen LogP contribution in [0.25, 0.3) is 17.4 Å². The number of ether oxygens (including phenoxy) is 2. The van der Waals surface area contributed by atoms with E-state index in [0.717, 1.165) is 11.8 Å². The monoisotopic (exact) mass is 491 g/mol. The lowest BCUT2D eigenvalue weighted by Crippen LogP contribution is -2.12. The number of esters is 1. The van der Waals surface area contributed by atoms with Crippen molar-refractivity contribution in [2.45, 2.75) is 6.92 Å². The summed E-state index contributed by atoms with van der Waals surface area (Å²) in [7, 11) is 1.56. The minimum atomic E-state index is -1.03. The van der Waals surface area contributed by atoms with E-state index in [1.54, 1.807) is 68.6 Å². The molecule has 2 heterocycles. The van der Waals surface area contributed by atoms with Gasteiger partial charge in [0.15, 0.2) is 0 Å². The number of aliphatic hydroxyl groups is 1. The Balaban J connectivity index is 1.67. The molecule has 0 fully saturated rings. The van der Waals surface area contributed by atoms with Crippen LogP contribution in [0.3, 0.4) is 0 Å². The molecule has 0 saturated heterocycles. The van der Waals surface area contributed by atoms with Crippen molar-refractivity contribution in [2.24, 2.45) is 4.99 Å². The Hall–Kier alpha value is -4.24. The van der Waals surface area contributed by atoms with E-state index in [1.165, 1.54) is 12.1 Å². The summed E-state index contributed by atoms with van der Waals surface area (Å²) in [5, 5.41) is 20.3. The number of thioether (sulfide) groups is 1. The van der Waals surface area contributed by atoms with Crippen LogP contribution >= 0.6 is 11.8 Å². The quantitative estimate of drug-likeness (QED) is 0.395. The van der Waals surface area contributed by atoms with Crippen LogP contribution in [0.1, 0.15) is 23.0 Å². The lowest BCUT2D eigenvalue weighted by molar-refractivity contribution is -0.138. The van der Waals surface area contributed by atoms with E-state index < -0.39 is 11.9 Å². The maximum absolute atomic E-state index is 12.6. The highest BCUT2D eigenvalue weighted by molar-refractivity contribution is 8.18. The van der Waals surface area contributed by atoms with Gasteiger partial charge in [-0.25, -0.2) is 14.6 Å². The van der Waals surface area contributed by atoms with Crippen molar-refractivity contribution in [2.75, 3.05) is 13.7 Å². The van der Waals surface area contributed by atoms with Gasteiger partial charge in [0.05, 0.1) is 29.9 Å². The predicted octanol–water partition coefficient (Wildman–Crippen LogP) is 5.85. The number of carboxylic acids is 1. The summed E-state index contributed by atoms with van der Waals surface area (Å²) < 4.78 is 16.1. The number of aromatic carboxylic acids is 1. The molecule has 0 radical (unpaired) electrons. The minimum Gasteiger partial charge on any atom is -0.506 e. The van der Waals surface area contributed by atoms with E-state index in [4.69, 9.17) is 13.9 Å². The number of methoxy groups -OCH3 is 1. The Kier molecular flexibility index (Phi) is 7.07. The first-order valence-electron chi connectivity index (χ1n) is 10.6. The molecule has 8 nitrogen and oxygen atoms in total. The number of carboxylic acid groups (broad SMARTS) is 1. The number of nitrogens with zero attached hydrogens (tertiary/aromatic N) is 1. The molecule has 0 unspecified atom stereocenters. The van der Waals surface area contributed by atoms with Crippen LogP contribution in [-0.4, -0.2) is 40.9 Å². The summed E-state index contributed by atoms with van der Waals surface area (Å²) in [6.45, 7) is 1.82. The molecule has 0 amide bonds. The fourth-order valence-electron chi connectivity index (χ4n) is 3.29. The third-order valence-corrected chi connectivity index (χ3v) is 5.99. The summed E-state index contributed by atoms with van der Waals surface area (Å²) in [4.78, 5) is 28.7. The second kappa shape index (κ2) is 10.4. The van der Waals surface area contributed by atoms with Gasteiger partial charge in [-0.15, -0.1) is 0 Å². The van der Waals surface area contributed by atoms with Crippen molar-refractivity contribution < 1.29 is 33.7 Å². The molecule has 0 aliphatic carbocycles. The molecule has 0 bridgehead atoms. The van der Waals surface area contributed by atoms with Gasteiger partial charge < -0.3 is 24.1 Å². The van der Waals surface area contributed by atoms with E-state index in [9.17, 15) is 19.8 Å². The van der Waals surface area contributed by atoms with Crippen LogP contribution in [0.15, 0.2) is 86.3 Å². The predicted molar refractivity (Wildman–Crippen MR) is 133 cm³/mol. The summed E-state index contributed by atoms with van der Waals surface area (Å²) in [5.74, 6) is -0.438. The van der Waals surface area contributed by atoms with Gasteiger partial charge in [-0.2, -0.15) is 0 Å². The lowest BCUT2D eigenvalue weighted by atomic mass is 10.1. The highest BCUT2D eigenvalue weighted by Crippen LogP contribution is 2.40. The SMILES string of the molecule is CCOC(=O)C1=C(O)/C(=C/c2ccc(-c3cccc(C(=O)O)c3)o2)SC1=Nc1ccc(OC)cc1. The standard InChI is InChI=1S/C26H21NO7S/c1-3-33-26(31)22-23(28)21(35-24(22)27-17-7-9-18(32-2)10-8-17)14-19-11-12-20(34-19)15-5-4-6-16(13-15)25(29)30/h4-14,28H,3H2,1-2H3,(H,29,30)/b21-14-,27-24?. The fraction of sp³-hybridized carbons (Fsp3) is 0.115. The van der Waals surface area contributed by atoms with Crippen LogP contribution in [0.4, 0.5) is 5.69 Å². The number of hydrogen-bond donors (Lipinski definition) is 2. The molecule has 1 aromatic heterocycles. The van der Waals surface area contributed by atoms with Gasteiger partial charge in [0, 0.05) is 5.56 Å². The van der Waals surface area contributed by atoms with Crippen molar-refractivity contribution in [1.29, 1.82) is 0 Å². The Bertz CT molecular complexity index is 1370. The third-order valence-electron chi connectivity index (χ3n) is 4.97. The molecule has 9 heteroatoms. The van der Waals surface area contributed by atoms with E-state index in [2.05, 4.69) is 4.99 Å². The molecule has 0 atom stereocenters. The number of aliphatic hydroxyl groups excluding tert-OH is 1. The molecule has 2 aromatic carbocycles. The topological polar surface area (TPSA) is 119 Å². The van der Waals surface area contributed by atoms with Crippen LogP contribution in [-0.2, 0) is 9.53 Å². The highest BCUT2D eigenvalue weighted by atomic mass is 32.2. The zero-order valence-electron chi connectivity index (χ0n) is 18.8. The number of carbonyl (C=O) groups excluding carboxylic acids is 1. The molecule has 178 valence electrons. The van der Waals surface area contributed by atoms with Crippen molar-refractivity contribution in [3.05, 3.63) is 88.2 Å². The van der Waals surface area contributed by atoms with E-state index in [0.29, 0.717) is 38.5 Å². The maximum atomic E-state index is 12.6. The molecule has 35 heavy (non-hydrogen) atoms. The minimum absolute atomic E-state index is 0.0279. The van der Waals surface area contributed by atoms with Crippen LogP contribution < -0.4 is 4.74 Å². The lowest BCUT2D eigenvalue weighted by Gasteiger charge is -2.04. The Morgan fingerprint density at radius 3 is 2.57 bits per heavy atom. The van der Waals surface area contributed by atoms with E-state index in [-0.39, 0.29) is 23.5 Å².